The second-order valence-electron chi connectivity index (χ2n) is 14.5. The Morgan fingerprint density at radius 2 is 0.615 bits per heavy atom. The molecule has 0 heteroatoms. The average Bonchev–Trinajstić information content (AvgIpc) is 3.77. The second-order valence-corrected chi connectivity index (χ2v) is 14.5. The van der Waals surface area contributed by atoms with Crippen molar-refractivity contribution in [1.29, 1.82) is 0 Å². The quantitative estimate of drug-likeness (QED) is 0.177. The lowest BCUT2D eigenvalue weighted by Crippen LogP contribution is -1.89. The van der Waals surface area contributed by atoms with Gasteiger partial charge in [0.25, 0.3) is 0 Å². The first-order valence-electron chi connectivity index (χ1n) is 18.3. The smallest absolute Gasteiger partial charge is 0.00132 e. The first-order valence-corrected chi connectivity index (χ1v) is 18.3. The van der Waals surface area contributed by atoms with Crippen LogP contribution in [0.2, 0.25) is 0 Å². The molecule has 9 aromatic carbocycles. The van der Waals surface area contributed by atoms with E-state index in [1.54, 1.807) is 0 Å². The van der Waals surface area contributed by atoms with Crippen molar-refractivity contribution >= 4 is 21.5 Å². The predicted octanol–water partition coefficient (Wildman–Crippen LogP) is 13.8. The molecule has 0 spiro atoms. The molecule has 9 aromatic rings. The van der Waals surface area contributed by atoms with Crippen molar-refractivity contribution < 1.29 is 0 Å². The van der Waals surface area contributed by atoms with Gasteiger partial charge in [-0.15, -0.1) is 0 Å². The number of hydrogen-bond acceptors (Lipinski definition) is 0. The summed E-state index contributed by atoms with van der Waals surface area (Å²) in [4.78, 5) is 0. The Labute approximate surface area is 304 Å². The minimum atomic E-state index is 0.996. The average molecular weight is 659 g/mol. The summed E-state index contributed by atoms with van der Waals surface area (Å²) in [5.74, 6) is 0. The lowest BCUT2D eigenvalue weighted by Gasteiger charge is -2.14. The van der Waals surface area contributed by atoms with Crippen LogP contribution in [0.3, 0.4) is 0 Å². The van der Waals surface area contributed by atoms with Crippen LogP contribution < -0.4 is 0 Å². The molecular formula is C52H34. The maximum absolute atomic E-state index is 2.42. The Balaban J connectivity index is 0.974. The summed E-state index contributed by atoms with van der Waals surface area (Å²) in [5, 5.41) is 5.11. The van der Waals surface area contributed by atoms with Gasteiger partial charge in [0, 0.05) is 0 Å². The van der Waals surface area contributed by atoms with Gasteiger partial charge < -0.3 is 0 Å². The largest absolute Gasteiger partial charge is 0.0619 e. The van der Waals surface area contributed by atoms with Gasteiger partial charge in [-0.05, 0) is 148 Å². The predicted molar refractivity (Wildman–Crippen MR) is 220 cm³/mol. The van der Waals surface area contributed by atoms with Gasteiger partial charge in [0.15, 0.2) is 0 Å². The lowest BCUT2D eigenvalue weighted by atomic mass is 9.90. The van der Waals surface area contributed by atoms with Gasteiger partial charge in [0.1, 0.15) is 0 Å². The zero-order valence-electron chi connectivity index (χ0n) is 28.7. The molecule has 0 N–H and O–H groups in total. The molecule has 0 aromatic heterocycles. The molecule has 0 nitrogen and oxygen atoms in total. The van der Waals surface area contributed by atoms with Crippen LogP contribution in [-0.4, -0.2) is 0 Å². The van der Waals surface area contributed by atoms with Gasteiger partial charge in [-0.1, -0.05) is 158 Å². The summed E-state index contributed by atoms with van der Waals surface area (Å²) in [6, 6.07) is 68.0. The van der Waals surface area contributed by atoms with Gasteiger partial charge >= 0.3 is 0 Å². The van der Waals surface area contributed by atoms with E-state index < -0.39 is 0 Å². The third kappa shape index (κ3) is 4.69. The SMILES string of the molecule is c1ccc2c(c1)Cc1cc(-c3cc(-c4ccc(-c5cc(-c6ccc7c(c6)Cc6ccccc6-7)c6ccccc6c5)cc4)cc4ccccc34)ccc1-2. The van der Waals surface area contributed by atoms with E-state index in [1.807, 2.05) is 0 Å². The molecule has 0 unspecified atom stereocenters. The van der Waals surface area contributed by atoms with E-state index in [-0.39, 0.29) is 0 Å². The fourth-order valence-corrected chi connectivity index (χ4v) is 8.91. The maximum atomic E-state index is 2.42. The van der Waals surface area contributed by atoms with Crippen LogP contribution in [-0.2, 0) is 12.8 Å². The molecule has 0 radical (unpaired) electrons. The van der Waals surface area contributed by atoms with Crippen LogP contribution in [0.1, 0.15) is 22.3 Å². The highest BCUT2D eigenvalue weighted by atomic mass is 14.2. The molecule has 0 fully saturated rings. The first kappa shape index (κ1) is 29.3. The second kappa shape index (κ2) is 11.5. The molecule has 0 atom stereocenters. The normalized spacial score (nSPS) is 12.5. The summed E-state index contributed by atoms with van der Waals surface area (Å²) in [6.45, 7) is 0. The molecule has 242 valence electrons. The third-order valence-electron chi connectivity index (χ3n) is 11.5. The van der Waals surface area contributed by atoms with Crippen LogP contribution in [0, 0.1) is 0 Å². The Morgan fingerprint density at radius 3 is 1.10 bits per heavy atom. The van der Waals surface area contributed by atoms with Gasteiger partial charge in [-0.25, -0.2) is 0 Å². The van der Waals surface area contributed by atoms with E-state index in [0.717, 1.165) is 12.8 Å². The summed E-state index contributed by atoms with van der Waals surface area (Å²) in [5.41, 5.74) is 21.2. The first-order chi connectivity index (χ1) is 25.7. The third-order valence-corrected chi connectivity index (χ3v) is 11.5. The van der Waals surface area contributed by atoms with Gasteiger partial charge in [0.05, 0.1) is 0 Å². The van der Waals surface area contributed by atoms with Crippen molar-refractivity contribution in [3.63, 3.8) is 0 Å². The van der Waals surface area contributed by atoms with Crippen molar-refractivity contribution in [2.75, 3.05) is 0 Å². The van der Waals surface area contributed by atoms with E-state index in [0.29, 0.717) is 0 Å². The maximum Gasteiger partial charge on any atom is -0.00132 e. The van der Waals surface area contributed by atoms with Crippen molar-refractivity contribution in [3.05, 3.63) is 204 Å². The highest BCUT2D eigenvalue weighted by molar-refractivity contribution is 6.02. The van der Waals surface area contributed by atoms with Crippen molar-refractivity contribution in [1.82, 2.24) is 0 Å². The van der Waals surface area contributed by atoms with Crippen LogP contribution in [0.5, 0.6) is 0 Å². The van der Waals surface area contributed by atoms with E-state index in [9.17, 15) is 0 Å². The zero-order valence-corrected chi connectivity index (χ0v) is 28.7. The molecule has 11 rings (SSSR count). The minimum Gasteiger partial charge on any atom is -0.0619 e. The number of rotatable bonds is 4. The summed E-state index contributed by atoms with van der Waals surface area (Å²) in [6.07, 6.45) is 1.99. The number of benzene rings is 9. The Kier molecular flexibility index (Phi) is 6.48. The van der Waals surface area contributed by atoms with E-state index >= 15 is 0 Å². The fraction of sp³-hybridized carbons (Fsp3) is 0.0385. The molecule has 0 bridgehead atoms. The van der Waals surface area contributed by atoms with E-state index in [1.165, 1.54) is 111 Å². The van der Waals surface area contributed by atoms with Gasteiger partial charge in [-0.3, -0.25) is 0 Å². The monoisotopic (exact) mass is 658 g/mol. The fourth-order valence-electron chi connectivity index (χ4n) is 8.91. The highest BCUT2D eigenvalue weighted by Gasteiger charge is 2.21. The Bertz CT molecular complexity index is 2690. The van der Waals surface area contributed by atoms with Crippen LogP contribution in [0.25, 0.3) is 88.3 Å². The lowest BCUT2D eigenvalue weighted by molar-refractivity contribution is 1.26. The Morgan fingerprint density at radius 1 is 0.231 bits per heavy atom. The molecular weight excluding hydrogens is 625 g/mol. The van der Waals surface area contributed by atoms with Gasteiger partial charge in [0.2, 0.25) is 0 Å². The minimum absolute atomic E-state index is 0.996. The molecule has 2 aliphatic carbocycles. The number of fused-ring (bicyclic) bond motifs is 8. The molecule has 52 heavy (non-hydrogen) atoms. The van der Waals surface area contributed by atoms with E-state index in [2.05, 4.69) is 182 Å². The van der Waals surface area contributed by atoms with Crippen molar-refractivity contribution in [2.24, 2.45) is 0 Å². The molecule has 0 saturated carbocycles. The standard InChI is InChI=1S/C52H34/c1-5-13-45-37(11-1)27-43-29-39(21-23-49(43)45)51-31-41(25-35-9-3-7-15-47(35)51)33-17-19-34(20-18-33)42-26-36-10-4-8-16-48(36)52(32-42)40-22-24-50-44(30-40)28-38-12-2-6-14-46(38)50/h1-26,29-32H,27-28H2. The zero-order chi connectivity index (χ0) is 34.2. The molecule has 0 heterocycles. The van der Waals surface area contributed by atoms with Crippen molar-refractivity contribution in [2.45, 2.75) is 12.8 Å². The summed E-state index contributed by atoms with van der Waals surface area (Å²) in [7, 11) is 0. The topological polar surface area (TPSA) is 0 Å². The van der Waals surface area contributed by atoms with E-state index in [4.69, 9.17) is 0 Å². The molecule has 0 amide bonds. The number of hydrogen-bond donors (Lipinski definition) is 0. The van der Waals surface area contributed by atoms with Gasteiger partial charge in [-0.2, -0.15) is 0 Å². The molecule has 0 saturated heterocycles. The highest BCUT2D eigenvalue weighted by Crippen LogP contribution is 2.43. The Hall–Kier alpha value is -6.50. The summed E-state index contributed by atoms with van der Waals surface area (Å²) < 4.78 is 0. The van der Waals surface area contributed by atoms with Crippen LogP contribution in [0.4, 0.5) is 0 Å². The molecule has 0 aliphatic heterocycles. The van der Waals surface area contributed by atoms with Crippen LogP contribution in [0.15, 0.2) is 182 Å². The molecule has 2 aliphatic rings. The van der Waals surface area contributed by atoms with Crippen molar-refractivity contribution in [3.8, 4) is 66.8 Å². The van der Waals surface area contributed by atoms with Crippen LogP contribution >= 0.6 is 0 Å². The summed E-state index contributed by atoms with van der Waals surface area (Å²) >= 11 is 0.